The number of rotatable bonds is 5. The summed E-state index contributed by atoms with van der Waals surface area (Å²) in [4.78, 5) is 0. The van der Waals surface area contributed by atoms with Crippen molar-refractivity contribution in [2.24, 2.45) is 5.92 Å². The van der Waals surface area contributed by atoms with Crippen molar-refractivity contribution >= 4 is 15.9 Å². The molecule has 90 valence electrons. The smallest absolute Gasteiger partial charge is 0.0178 e. The molecule has 2 heteroatoms. The van der Waals surface area contributed by atoms with Crippen LogP contribution in [0, 0.1) is 5.92 Å². The van der Waals surface area contributed by atoms with E-state index in [0.29, 0.717) is 17.9 Å². The van der Waals surface area contributed by atoms with Crippen LogP contribution >= 0.6 is 15.9 Å². The quantitative estimate of drug-likeness (QED) is 0.855. The Hall–Kier alpha value is -0.340. The van der Waals surface area contributed by atoms with Crippen LogP contribution in [0.1, 0.15) is 39.2 Å². The van der Waals surface area contributed by atoms with Gasteiger partial charge in [0.15, 0.2) is 0 Å². The van der Waals surface area contributed by atoms with Crippen LogP contribution in [0.25, 0.3) is 0 Å². The van der Waals surface area contributed by atoms with Crippen molar-refractivity contribution in [2.45, 2.75) is 39.7 Å². The summed E-state index contributed by atoms with van der Waals surface area (Å²) in [5.41, 5.74) is 1.40. The SMILES string of the molecule is CCNC(C(C)C)C(C)c1cccc(Br)c1. The lowest BCUT2D eigenvalue weighted by Gasteiger charge is -2.28. The van der Waals surface area contributed by atoms with E-state index in [0.717, 1.165) is 11.0 Å². The predicted octanol–water partition coefficient (Wildman–Crippen LogP) is 4.19. The van der Waals surface area contributed by atoms with E-state index < -0.39 is 0 Å². The van der Waals surface area contributed by atoms with E-state index in [4.69, 9.17) is 0 Å². The summed E-state index contributed by atoms with van der Waals surface area (Å²) in [5, 5.41) is 3.58. The van der Waals surface area contributed by atoms with Gasteiger partial charge in [0.1, 0.15) is 0 Å². The van der Waals surface area contributed by atoms with Gasteiger partial charge < -0.3 is 5.32 Å². The first-order valence-corrected chi connectivity index (χ1v) is 6.84. The molecular weight excluding hydrogens is 262 g/mol. The van der Waals surface area contributed by atoms with Crippen LogP contribution in [0.3, 0.4) is 0 Å². The normalized spacial score (nSPS) is 15.1. The second-order valence-corrected chi connectivity index (χ2v) is 5.59. The maximum Gasteiger partial charge on any atom is 0.0178 e. The van der Waals surface area contributed by atoms with Crippen LogP contribution in [-0.2, 0) is 0 Å². The standard InChI is InChI=1S/C14H22BrN/c1-5-16-14(10(2)3)11(4)12-7-6-8-13(15)9-12/h6-11,14,16H,5H2,1-4H3. The average Bonchev–Trinajstić information content (AvgIpc) is 2.24. The van der Waals surface area contributed by atoms with E-state index in [2.05, 4.69) is 73.2 Å². The Bertz CT molecular complexity index is 322. The van der Waals surface area contributed by atoms with Crippen LogP contribution in [0.2, 0.25) is 0 Å². The summed E-state index contributed by atoms with van der Waals surface area (Å²) >= 11 is 3.54. The summed E-state index contributed by atoms with van der Waals surface area (Å²) in [6, 6.07) is 9.16. The van der Waals surface area contributed by atoms with Gasteiger partial charge in [-0.05, 0) is 36.1 Å². The maximum atomic E-state index is 3.58. The molecule has 0 saturated carbocycles. The molecule has 0 spiro atoms. The van der Waals surface area contributed by atoms with Gasteiger partial charge in [-0.25, -0.2) is 0 Å². The molecule has 1 rings (SSSR count). The number of hydrogen-bond acceptors (Lipinski definition) is 1. The van der Waals surface area contributed by atoms with Crippen molar-refractivity contribution in [1.29, 1.82) is 0 Å². The molecule has 2 unspecified atom stereocenters. The van der Waals surface area contributed by atoms with Crippen molar-refractivity contribution in [3.63, 3.8) is 0 Å². The minimum absolute atomic E-state index is 0.539. The van der Waals surface area contributed by atoms with Crippen molar-refractivity contribution in [3.8, 4) is 0 Å². The Balaban J connectivity index is 2.85. The molecule has 0 aromatic heterocycles. The van der Waals surface area contributed by atoms with Gasteiger partial charge in [0.25, 0.3) is 0 Å². The third-order valence-electron chi connectivity index (χ3n) is 3.07. The van der Waals surface area contributed by atoms with Crippen LogP contribution in [0.4, 0.5) is 0 Å². The van der Waals surface area contributed by atoms with E-state index in [1.165, 1.54) is 5.56 Å². The second kappa shape index (κ2) is 6.41. The number of benzene rings is 1. The highest BCUT2D eigenvalue weighted by atomic mass is 79.9. The average molecular weight is 284 g/mol. The van der Waals surface area contributed by atoms with Crippen molar-refractivity contribution in [2.75, 3.05) is 6.54 Å². The zero-order valence-electron chi connectivity index (χ0n) is 10.6. The van der Waals surface area contributed by atoms with Crippen molar-refractivity contribution in [3.05, 3.63) is 34.3 Å². The molecule has 0 heterocycles. The van der Waals surface area contributed by atoms with Gasteiger partial charge in [-0.15, -0.1) is 0 Å². The molecule has 1 nitrogen and oxygen atoms in total. The molecule has 0 bridgehead atoms. The van der Waals surface area contributed by atoms with Crippen molar-refractivity contribution in [1.82, 2.24) is 5.32 Å². The minimum Gasteiger partial charge on any atom is -0.313 e. The Morgan fingerprint density at radius 1 is 1.25 bits per heavy atom. The highest BCUT2D eigenvalue weighted by Gasteiger charge is 2.21. The highest BCUT2D eigenvalue weighted by molar-refractivity contribution is 9.10. The van der Waals surface area contributed by atoms with E-state index in [-0.39, 0.29) is 0 Å². The predicted molar refractivity (Wildman–Crippen MR) is 74.9 cm³/mol. The zero-order chi connectivity index (χ0) is 12.1. The number of halogens is 1. The molecule has 0 fully saturated rings. The van der Waals surface area contributed by atoms with E-state index in [1.807, 2.05) is 0 Å². The largest absolute Gasteiger partial charge is 0.313 e. The molecule has 0 aliphatic carbocycles. The molecule has 0 radical (unpaired) electrons. The molecule has 0 aliphatic rings. The molecule has 16 heavy (non-hydrogen) atoms. The monoisotopic (exact) mass is 283 g/mol. The number of nitrogens with one attached hydrogen (secondary N) is 1. The minimum atomic E-state index is 0.539. The van der Waals surface area contributed by atoms with Gasteiger partial charge in [-0.2, -0.15) is 0 Å². The summed E-state index contributed by atoms with van der Waals surface area (Å²) in [6.45, 7) is 10.1. The topological polar surface area (TPSA) is 12.0 Å². The maximum absolute atomic E-state index is 3.58. The Morgan fingerprint density at radius 2 is 1.94 bits per heavy atom. The molecule has 1 aromatic rings. The van der Waals surface area contributed by atoms with E-state index in [9.17, 15) is 0 Å². The molecule has 0 saturated heterocycles. The molecule has 2 atom stereocenters. The van der Waals surface area contributed by atoms with Gasteiger partial charge in [-0.1, -0.05) is 55.8 Å². The van der Waals surface area contributed by atoms with Crippen LogP contribution in [0.5, 0.6) is 0 Å². The first-order valence-electron chi connectivity index (χ1n) is 6.05. The lowest BCUT2D eigenvalue weighted by Crippen LogP contribution is -2.38. The highest BCUT2D eigenvalue weighted by Crippen LogP contribution is 2.26. The zero-order valence-corrected chi connectivity index (χ0v) is 12.2. The van der Waals surface area contributed by atoms with Gasteiger partial charge in [0.2, 0.25) is 0 Å². The summed E-state index contributed by atoms with van der Waals surface area (Å²) < 4.78 is 1.16. The Morgan fingerprint density at radius 3 is 2.44 bits per heavy atom. The summed E-state index contributed by atoms with van der Waals surface area (Å²) in [5.74, 6) is 1.19. The third-order valence-corrected chi connectivity index (χ3v) is 3.56. The number of likely N-dealkylation sites (N-methyl/N-ethyl adjacent to an activating group) is 1. The van der Waals surface area contributed by atoms with Crippen molar-refractivity contribution < 1.29 is 0 Å². The van der Waals surface area contributed by atoms with Crippen LogP contribution < -0.4 is 5.32 Å². The van der Waals surface area contributed by atoms with Gasteiger partial charge in [0, 0.05) is 10.5 Å². The lowest BCUT2D eigenvalue weighted by molar-refractivity contribution is 0.360. The van der Waals surface area contributed by atoms with Gasteiger partial charge in [-0.3, -0.25) is 0 Å². The molecular formula is C14H22BrN. The first-order chi connectivity index (χ1) is 7.56. The fourth-order valence-corrected chi connectivity index (χ4v) is 2.64. The summed E-state index contributed by atoms with van der Waals surface area (Å²) in [6.07, 6.45) is 0. The first kappa shape index (κ1) is 13.7. The van der Waals surface area contributed by atoms with Gasteiger partial charge in [0.05, 0.1) is 0 Å². The molecule has 1 aromatic carbocycles. The molecule has 0 amide bonds. The van der Waals surface area contributed by atoms with Crippen LogP contribution in [0.15, 0.2) is 28.7 Å². The third kappa shape index (κ3) is 3.60. The Labute approximate surface area is 108 Å². The van der Waals surface area contributed by atoms with E-state index in [1.54, 1.807) is 0 Å². The Kier molecular flexibility index (Phi) is 5.50. The molecule has 0 aliphatic heterocycles. The van der Waals surface area contributed by atoms with Crippen LogP contribution in [-0.4, -0.2) is 12.6 Å². The van der Waals surface area contributed by atoms with E-state index >= 15 is 0 Å². The fraction of sp³-hybridized carbons (Fsp3) is 0.571. The summed E-state index contributed by atoms with van der Waals surface area (Å²) in [7, 11) is 0. The van der Waals surface area contributed by atoms with Gasteiger partial charge >= 0.3 is 0 Å². The second-order valence-electron chi connectivity index (χ2n) is 4.67. The number of hydrogen-bond donors (Lipinski definition) is 1. The fourth-order valence-electron chi connectivity index (χ4n) is 2.22. The lowest BCUT2D eigenvalue weighted by atomic mass is 9.86. The molecule has 1 N–H and O–H groups in total.